The third-order valence-electron chi connectivity index (χ3n) is 6.89. The number of anilines is 2. The first-order valence-electron chi connectivity index (χ1n) is 12.6. The number of benzene rings is 1. The van der Waals surface area contributed by atoms with Gasteiger partial charge in [-0.3, -0.25) is 9.52 Å². The van der Waals surface area contributed by atoms with Crippen LogP contribution in [0.4, 0.5) is 11.5 Å². The number of carbonyl (C=O) groups excluding carboxylic acids is 1. The molecular weight excluding hydrogens is 549 g/mol. The number of sulfonamides is 1. The van der Waals surface area contributed by atoms with Gasteiger partial charge in [-0.25, -0.2) is 13.4 Å². The average Bonchev–Trinajstić information content (AvgIpc) is 3.26. The van der Waals surface area contributed by atoms with Crippen LogP contribution in [0.2, 0.25) is 10.2 Å². The maximum atomic E-state index is 13.8. The van der Waals surface area contributed by atoms with E-state index < -0.39 is 10.0 Å². The van der Waals surface area contributed by atoms with Crippen LogP contribution in [0.1, 0.15) is 55.2 Å². The topological polar surface area (TPSA) is 112 Å². The highest BCUT2D eigenvalue weighted by molar-refractivity contribution is 7.92. The summed E-state index contributed by atoms with van der Waals surface area (Å²) in [5, 5.41) is 9.19. The second-order valence-corrected chi connectivity index (χ2v) is 12.8. The molecule has 0 aliphatic carbocycles. The Balaban J connectivity index is 1.52. The number of hydrogen-bond acceptors (Lipinski definition) is 7. The lowest BCUT2D eigenvalue weighted by atomic mass is 9.98. The molecule has 13 heteroatoms. The van der Waals surface area contributed by atoms with E-state index in [0.29, 0.717) is 40.1 Å². The van der Waals surface area contributed by atoms with Crippen LogP contribution in [0.3, 0.4) is 0 Å². The summed E-state index contributed by atoms with van der Waals surface area (Å²) in [7, 11) is -3.60. The van der Waals surface area contributed by atoms with Gasteiger partial charge in [0, 0.05) is 48.9 Å². The quantitative estimate of drug-likeness (QED) is 0.440. The fourth-order valence-electron chi connectivity index (χ4n) is 5.47. The number of aromatic nitrogens is 3. The molecule has 1 amide bonds. The Morgan fingerprint density at radius 2 is 1.84 bits per heavy atom. The number of piperidine rings is 1. The van der Waals surface area contributed by atoms with E-state index in [-0.39, 0.29) is 23.2 Å². The highest BCUT2D eigenvalue weighted by atomic mass is 35.5. The number of nitrogens with one attached hydrogen (secondary N) is 2. The Labute approximate surface area is 232 Å². The third kappa shape index (κ3) is 5.70. The predicted octanol–water partition coefficient (Wildman–Crippen LogP) is 3.96. The molecule has 2 fully saturated rings. The minimum absolute atomic E-state index is 0.193. The Bertz CT molecular complexity index is 1470. The molecule has 3 aromatic rings. The molecule has 0 saturated carbocycles. The second kappa shape index (κ2) is 10.5. The normalized spacial score (nSPS) is 22.6. The summed E-state index contributed by atoms with van der Waals surface area (Å²) in [6.45, 7) is 6.40. The van der Waals surface area contributed by atoms with Crippen molar-refractivity contribution in [1.82, 2.24) is 24.8 Å². The Kier molecular flexibility index (Phi) is 7.47. The van der Waals surface area contributed by atoms with Crippen molar-refractivity contribution in [2.45, 2.75) is 51.2 Å². The van der Waals surface area contributed by atoms with Gasteiger partial charge in [0.05, 0.1) is 29.2 Å². The molecule has 0 radical (unpaired) electrons. The number of amides is 1. The lowest BCUT2D eigenvalue weighted by Crippen LogP contribution is -2.54. The SMILES string of the molecule is CC1CN(c2cc(Cl)nc3cc(C4CCCCN4C(=O)c4cc(Cl)ccc4NS(C)(=O)=O)nn23)CC(C)N1. The monoisotopic (exact) mass is 579 g/mol. The van der Waals surface area contributed by atoms with Gasteiger partial charge in [-0.15, -0.1) is 0 Å². The highest BCUT2D eigenvalue weighted by Crippen LogP contribution is 2.35. The molecule has 2 aromatic heterocycles. The molecule has 10 nitrogen and oxygen atoms in total. The zero-order valence-electron chi connectivity index (χ0n) is 21.5. The van der Waals surface area contributed by atoms with Gasteiger partial charge >= 0.3 is 0 Å². The molecule has 4 heterocycles. The number of likely N-dealkylation sites (tertiary alicyclic amines) is 1. The summed E-state index contributed by atoms with van der Waals surface area (Å²) in [4.78, 5) is 22.4. The number of fused-ring (bicyclic) bond motifs is 1. The van der Waals surface area contributed by atoms with Crippen LogP contribution in [0.5, 0.6) is 0 Å². The summed E-state index contributed by atoms with van der Waals surface area (Å²) < 4.78 is 28.1. The molecule has 2 aliphatic heterocycles. The van der Waals surface area contributed by atoms with E-state index >= 15 is 0 Å². The minimum atomic E-state index is -3.60. The van der Waals surface area contributed by atoms with Gasteiger partial charge in [-0.2, -0.15) is 9.61 Å². The Morgan fingerprint density at radius 1 is 1.11 bits per heavy atom. The molecule has 0 bridgehead atoms. The van der Waals surface area contributed by atoms with Gasteiger partial charge < -0.3 is 15.1 Å². The van der Waals surface area contributed by atoms with Gasteiger partial charge in [0.1, 0.15) is 11.0 Å². The number of piperazine rings is 1. The Morgan fingerprint density at radius 3 is 2.55 bits per heavy atom. The first-order valence-corrected chi connectivity index (χ1v) is 15.3. The number of hydrogen-bond donors (Lipinski definition) is 2. The molecule has 38 heavy (non-hydrogen) atoms. The van der Waals surface area contributed by atoms with Crippen molar-refractivity contribution in [2.24, 2.45) is 0 Å². The van der Waals surface area contributed by atoms with Crippen molar-refractivity contribution in [3.05, 3.63) is 51.8 Å². The fraction of sp³-hybridized carbons (Fsp3) is 0.480. The largest absolute Gasteiger partial charge is 0.353 e. The van der Waals surface area contributed by atoms with Crippen molar-refractivity contribution in [2.75, 3.05) is 35.5 Å². The molecule has 1 aromatic carbocycles. The van der Waals surface area contributed by atoms with E-state index in [2.05, 4.69) is 33.8 Å². The molecule has 2 aliphatic rings. The van der Waals surface area contributed by atoms with E-state index in [0.717, 1.165) is 44.4 Å². The maximum absolute atomic E-state index is 13.8. The van der Waals surface area contributed by atoms with Crippen molar-refractivity contribution in [1.29, 1.82) is 0 Å². The smallest absolute Gasteiger partial charge is 0.256 e. The molecule has 5 rings (SSSR count). The predicted molar refractivity (Wildman–Crippen MR) is 150 cm³/mol. The number of carbonyl (C=O) groups is 1. The molecule has 3 unspecified atom stereocenters. The molecule has 0 spiro atoms. The van der Waals surface area contributed by atoms with Crippen molar-refractivity contribution in [3.63, 3.8) is 0 Å². The van der Waals surface area contributed by atoms with Crippen LogP contribution >= 0.6 is 23.2 Å². The Hall–Kier alpha value is -2.60. The summed E-state index contributed by atoms with van der Waals surface area (Å²) in [6.07, 6.45) is 3.53. The fourth-order valence-corrected chi connectivity index (χ4v) is 6.40. The zero-order chi connectivity index (χ0) is 27.2. The standard InChI is InChI=1S/C25H31Cl2N7O3S/c1-15-13-32(14-16(2)28-15)24-12-22(27)29-23-11-20(30-34(23)24)21-6-4-5-9-33(21)25(35)18-10-17(26)7-8-19(18)31-38(3,36)37/h7-8,10-12,15-16,21,28,31H,4-6,9,13-14H2,1-3H3. The summed E-state index contributed by atoms with van der Waals surface area (Å²) in [6, 6.07) is 8.56. The first kappa shape index (κ1) is 27.0. The number of rotatable bonds is 5. The highest BCUT2D eigenvalue weighted by Gasteiger charge is 2.33. The summed E-state index contributed by atoms with van der Waals surface area (Å²) >= 11 is 12.6. The van der Waals surface area contributed by atoms with Gasteiger partial charge in [0.25, 0.3) is 5.91 Å². The van der Waals surface area contributed by atoms with Gasteiger partial charge in [0.2, 0.25) is 10.0 Å². The zero-order valence-corrected chi connectivity index (χ0v) is 23.8. The van der Waals surface area contributed by atoms with E-state index in [9.17, 15) is 13.2 Å². The minimum Gasteiger partial charge on any atom is -0.353 e. The van der Waals surface area contributed by atoms with Crippen LogP contribution < -0.4 is 14.9 Å². The van der Waals surface area contributed by atoms with Crippen LogP contribution in [0, 0.1) is 0 Å². The van der Waals surface area contributed by atoms with Crippen LogP contribution in [0.25, 0.3) is 5.65 Å². The molecule has 204 valence electrons. The molecule has 2 saturated heterocycles. The van der Waals surface area contributed by atoms with Crippen molar-refractivity contribution < 1.29 is 13.2 Å². The van der Waals surface area contributed by atoms with Crippen molar-refractivity contribution in [3.8, 4) is 0 Å². The molecule has 2 N–H and O–H groups in total. The molecule has 3 atom stereocenters. The van der Waals surface area contributed by atoms with E-state index in [1.807, 2.05) is 12.1 Å². The van der Waals surface area contributed by atoms with E-state index in [4.69, 9.17) is 28.3 Å². The van der Waals surface area contributed by atoms with Crippen LogP contribution in [-0.2, 0) is 10.0 Å². The van der Waals surface area contributed by atoms with Crippen LogP contribution in [0.15, 0.2) is 30.3 Å². The van der Waals surface area contributed by atoms with Gasteiger partial charge in [0.15, 0.2) is 5.65 Å². The van der Waals surface area contributed by atoms with E-state index in [1.54, 1.807) is 15.5 Å². The third-order valence-corrected chi connectivity index (χ3v) is 7.91. The van der Waals surface area contributed by atoms with Gasteiger partial charge in [-0.05, 0) is 51.3 Å². The van der Waals surface area contributed by atoms with Crippen LogP contribution in [-0.4, -0.2) is 71.8 Å². The summed E-state index contributed by atoms with van der Waals surface area (Å²) in [5.41, 5.74) is 1.72. The lowest BCUT2D eigenvalue weighted by molar-refractivity contribution is 0.0607. The van der Waals surface area contributed by atoms with E-state index in [1.165, 1.54) is 12.1 Å². The van der Waals surface area contributed by atoms with Crippen molar-refractivity contribution >= 4 is 56.3 Å². The molecular formula is C25H31Cl2N7O3S. The lowest BCUT2D eigenvalue weighted by Gasteiger charge is -2.37. The average molecular weight is 581 g/mol. The first-order chi connectivity index (χ1) is 18.0. The second-order valence-electron chi connectivity index (χ2n) is 10.2. The maximum Gasteiger partial charge on any atom is 0.256 e. The number of nitrogens with zero attached hydrogens (tertiary/aromatic N) is 5. The van der Waals surface area contributed by atoms with Gasteiger partial charge in [-0.1, -0.05) is 23.2 Å². The summed E-state index contributed by atoms with van der Waals surface area (Å²) in [5.74, 6) is 0.547. The number of halogens is 2.